The molecular formula is C19H31NO2. The zero-order valence-corrected chi connectivity index (χ0v) is 14.1. The average molecular weight is 305 g/mol. The number of amides is 1. The highest BCUT2D eigenvalue weighted by atomic mass is 16.3. The summed E-state index contributed by atoms with van der Waals surface area (Å²) in [4.78, 5) is 11.9. The van der Waals surface area contributed by atoms with E-state index >= 15 is 0 Å². The highest BCUT2D eigenvalue weighted by Crippen LogP contribution is 2.62. The molecule has 2 N–H and O–H groups in total. The van der Waals surface area contributed by atoms with Gasteiger partial charge in [0, 0.05) is 12.0 Å². The number of piperidine rings is 1. The molecule has 22 heavy (non-hydrogen) atoms. The average Bonchev–Trinajstić information content (AvgIpc) is 2.46. The van der Waals surface area contributed by atoms with Gasteiger partial charge in [0.05, 0.1) is 6.10 Å². The van der Waals surface area contributed by atoms with Crippen molar-refractivity contribution < 1.29 is 9.90 Å². The molecule has 1 amide bonds. The van der Waals surface area contributed by atoms with Gasteiger partial charge in [0.1, 0.15) is 0 Å². The van der Waals surface area contributed by atoms with E-state index in [9.17, 15) is 9.90 Å². The number of aliphatic hydroxyl groups is 1. The molecule has 0 radical (unpaired) electrons. The van der Waals surface area contributed by atoms with Gasteiger partial charge in [0.15, 0.2) is 0 Å². The normalized spacial score (nSPS) is 54.7. The maximum Gasteiger partial charge on any atom is 0.220 e. The molecule has 0 bridgehead atoms. The lowest BCUT2D eigenvalue weighted by Gasteiger charge is -2.62. The molecule has 4 fully saturated rings. The highest BCUT2D eigenvalue weighted by molar-refractivity contribution is 5.77. The second-order valence-corrected chi connectivity index (χ2v) is 9.13. The fraction of sp³-hybridized carbons (Fsp3) is 0.947. The van der Waals surface area contributed by atoms with Gasteiger partial charge in [0.2, 0.25) is 5.91 Å². The monoisotopic (exact) mass is 305 g/mol. The first-order chi connectivity index (χ1) is 10.4. The third kappa shape index (κ3) is 2.07. The van der Waals surface area contributed by atoms with Gasteiger partial charge in [-0.15, -0.1) is 0 Å². The Kier molecular flexibility index (Phi) is 3.38. The molecule has 4 aliphatic rings. The van der Waals surface area contributed by atoms with Crippen molar-refractivity contribution in [2.75, 3.05) is 0 Å². The van der Waals surface area contributed by atoms with Crippen molar-refractivity contribution in [3.63, 3.8) is 0 Å². The molecule has 0 aromatic rings. The Bertz CT molecular complexity index is 478. The van der Waals surface area contributed by atoms with E-state index in [4.69, 9.17) is 0 Å². The minimum Gasteiger partial charge on any atom is -0.393 e. The van der Waals surface area contributed by atoms with Crippen LogP contribution in [-0.2, 0) is 4.79 Å². The number of hydrogen-bond donors (Lipinski definition) is 2. The van der Waals surface area contributed by atoms with Crippen LogP contribution < -0.4 is 5.32 Å². The van der Waals surface area contributed by atoms with E-state index in [2.05, 4.69) is 19.2 Å². The van der Waals surface area contributed by atoms with E-state index in [1.807, 2.05) is 0 Å². The molecule has 0 aromatic heterocycles. The fourth-order valence-electron chi connectivity index (χ4n) is 6.91. The summed E-state index contributed by atoms with van der Waals surface area (Å²) in [6.45, 7) is 4.81. The third-order valence-corrected chi connectivity index (χ3v) is 8.14. The number of aliphatic hydroxyl groups excluding tert-OH is 1. The molecule has 3 aliphatic carbocycles. The van der Waals surface area contributed by atoms with Gasteiger partial charge in [-0.05, 0) is 87.4 Å². The van der Waals surface area contributed by atoms with E-state index in [-0.39, 0.29) is 17.6 Å². The Hall–Kier alpha value is -0.570. The van der Waals surface area contributed by atoms with Crippen LogP contribution in [0.1, 0.15) is 71.6 Å². The minimum atomic E-state index is -0.0579. The first-order valence-electron chi connectivity index (χ1n) is 9.41. The molecule has 1 heterocycles. The zero-order chi connectivity index (χ0) is 15.5. The molecule has 3 nitrogen and oxygen atoms in total. The van der Waals surface area contributed by atoms with Crippen LogP contribution in [0, 0.1) is 29.1 Å². The Labute approximate surface area is 134 Å². The molecular weight excluding hydrogens is 274 g/mol. The number of carbonyl (C=O) groups excluding carboxylic acids is 1. The fourth-order valence-corrected chi connectivity index (χ4v) is 6.91. The lowest BCUT2D eigenvalue weighted by atomic mass is 9.45. The summed E-state index contributed by atoms with van der Waals surface area (Å²) in [7, 11) is 0. The van der Waals surface area contributed by atoms with Gasteiger partial charge in [-0.1, -0.05) is 6.92 Å². The van der Waals surface area contributed by atoms with Crippen molar-refractivity contribution >= 4 is 5.91 Å². The summed E-state index contributed by atoms with van der Waals surface area (Å²) in [5.74, 6) is 3.26. The molecule has 7 atom stereocenters. The number of carbonyl (C=O) groups is 1. The molecule has 124 valence electrons. The largest absolute Gasteiger partial charge is 0.393 e. The number of hydrogen-bond acceptors (Lipinski definition) is 2. The van der Waals surface area contributed by atoms with Crippen LogP contribution in [0.3, 0.4) is 0 Å². The summed E-state index contributed by atoms with van der Waals surface area (Å²) >= 11 is 0. The van der Waals surface area contributed by atoms with Crippen molar-refractivity contribution in [3.8, 4) is 0 Å². The van der Waals surface area contributed by atoms with Gasteiger partial charge < -0.3 is 10.4 Å². The van der Waals surface area contributed by atoms with Gasteiger partial charge in [-0.3, -0.25) is 4.79 Å². The summed E-state index contributed by atoms with van der Waals surface area (Å²) in [5.41, 5.74) is 0.485. The SMILES string of the molecule is CC12CCC3C(CCC4CC(O)CCC43C)C1CCC(=O)N2. The molecule has 3 heteroatoms. The molecule has 0 aromatic carbocycles. The highest BCUT2D eigenvalue weighted by Gasteiger charge is 2.57. The van der Waals surface area contributed by atoms with E-state index in [0.29, 0.717) is 11.3 Å². The van der Waals surface area contributed by atoms with Crippen molar-refractivity contribution in [2.24, 2.45) is 29.1 Å². The topological polar surface area (TPSA) is 49.3 Å². The van der Waals surface area contributed by atoms with Crippen molar-refractivity contribution in [1.29, 1.82) is 0 Å². The molecule has 1 saturated heterocycles. The molecule has 1 aliphatic heterocycles. The second kappa shape index (κ2) is 4.96. The Morgan fingerprint density at radius 2 is 1.86 bits per heavy atom. The predicted octanol–water partition coefficient (Wildman–Crippen LogP) is 3.26. The maximum atomic E-state index is 11.9. The van der Waals surface area contributed by atoms with Crippen LogP contribution >= 0.6 is 0 Å². The Morgan fingerprint density at radius 1 is 1.05 bits per heavy atom. The third-order valence-electron chi connectivity index (χ3n) is 8.14. The van der Waals surface area contributed by atoms with Crippen LogP contribution in [0.5, 0.6) is 0 Å². The number of nitrogens with one attached hydrogen (secondary N) is 1. The minimum absolute atomic E-state index is 0.0495. The quantitative estimate of drug-likeness (QED) is 0.721. The first kappa shape index (κ1) is 15.0. The lowest BCUT2D eigenvalue weighted by Crippen LogP contribution is -2.63. The zero-order valence-electron chi connectivity index (χ0n) is 14.1. The summed E-state index contributed by atoms with van der Waals surface area (Å²) in [6, 6.07) is 0. The molecule has 7 unspecified atom stereocenters. The second-order valence-electron chi connectivity index (χ2n) is 9.13. The number of fused-ring (bicyclic) bond motifs is 5. The summed E-state index contributed by atoms with van der Waals surface area (Å²) < 4.78 is 0. The molecule has 0 spiro atoms. The van der Waals surface area contributed by atoms with Crippen LogP contribution in [0.25, 0.3) is 0 Å². The van der Waals surface area contributed by atoms with E-state index in [1.54, 1.807) is 0 Å². The van der Waals surface area contributed by atoms with Crippen molar-refractivity contribution in [3.05, 3.63) is 0 Å². The molecule has 4 rings (SSSR count). The Morgan fingerprint density at radius 3 is 2.68 bits per heavy atom. The van der Waals surface area contributed by atoms with Gasteiger partial charge in [0.25, 0.3) is 0 Å². The van der Waals surface area contributed by atoms with E-state index < -0.39 is 0 Å². The first-order valence-corrected chi connectivity index (χ1v) is 9.41. The van der Waals surface area contributed by atoms with E-state index in [1.165, 1.54) is 25.7 Å². The van der Waals surface area contributed by atoms with E-state index in [0.717, 1.165) is 49.9 Å². The van der Waals surface area contributed by atoms with Crippen LogP contribution in [0.4, 0.5) is 0 Å². The maximum absolute atomic E-state index is 11.9. The standard InChI is InChI=1S/C19H31NO2/c1-18-9-7-13(21)11-12(18)3-4-14-15(18)8-10-19(2)16(14)5-6-17(22)20-19/h12-16,21H,3-11H2,1-2H3,(H,20,22). The van der Waals surface area contributed by atoms with Crippen LogP contribution in [0.15, 0.2) is 0 Å². The number of rotatable bonds is 0. The van der Waals surface area contributed by atoms with Crippen LogP contribution in [-0.4, -0.2) is 22.7 Å². The lowest BCUT2D eigenvalue weighted by molar-refractivity contribution is -0.142. The Balaban J connectivity index is 1.61. The predicted molar refractivity (Wildman–Crippen MR) is 86.2 cm³/mol. The van der Waals surface area contributed by atoms with Crippen LogP contribution in [0.2, 0.25) is 0 Å². The van der Waals surface area contributed by atoms with Crippen molar-refractivity contribution in [2.45, 2.75) is 83.3 Å². The molecule has 3 saturated carbocycles. The summed E-state index contributed by atoms with van der Waals surface area (Å²) in [5, 5.41) is 13.4. The van der Waals surface area contributed by atoms with Crippen molar-refractivity contribution in [1.82, 2.24) is 5.32 Å². The van der Waals surface area contributed by atoms with Gasteiger partial charge in [-0.25, -0.2) is 0 Å². The van der Waals surface area contributed by atoms with Gasteiger partial charge in [-0.2, -0.15) is 0 Å². The smallest absolute Gasteiger partial charge is 0.220 e. The summed E-state index contributed by atoms with van der Waals surface area (Å²) in [6.07, 6.45) is 10.00. The van der Waals surface area contributed by atoms with Gasteiger partial charge >= 0.3 is 0 Å².